The Morgan fingerprint density at radius 2 is 2.00 bits per heavy atom. The Morgan fingerprint density at radius 3 is 2.64 bits per heavy atom. The van der Waals surface area contributed by atoms with Crippen molar-refractivity contribution in [1.82, 2.24) is 10.3 Å². The van der Waals surface area contributed by atoms with E-state index in [9.17, 15) is 19.5 Å². The molecule has 8 nitrogen and oxygen atoms in total. The van der Waals surface area contributed by atoms with Gasteiger partial charge in [0.15, 0.2) is 5.78 Å². The molecule has 0 fully saturated rings. The van der Waals surface area contributed by atoms with Crippen molar-refractivity contribution in [3.8, 4) is 5.75 Å². The van der Waals surface area contributed by atoms with Crippen molar-refractivity contribution in [2.75, 3.05) is 0 Å². The van der Waals surface area contributed by atoms with Gasteiger partial charge in [0.05, 0.1) is 5.01 Å². The molecule has 0 aromatic carbocycles. The molecule has 2 heterocycles. The van der Waals surface area contributed by atoms with E-state index in [0.29, 0.717) is 24.3 Å². The number of carbonyl (C=O) groups is 2. The Morgan fingerprint density at radius 1 is 1.27 bits per heavy atom. The molecule has 0 bridgehead atoms. The van der Waals surface area contributed by atoms with Crippen LogP contribution in [0.5, 0.6) is 5.75 Å². The minimum atomic E-state index is -1.15. The Bertz CT molecular complexity index is 1100. The van der Waals surface area contributed by atoms with Crippen LogP contribution < -0.4 is 10.9 Å². The minimum Gasteiger partial charge on any atom is -0.507 e. The second-order valence-corrected chi connectivity index (χ2v) is 9.42. The van der Waals surface area contributed by atoms with Gasteiger partial charge in [0.1, 0.15) is 17.1 Å². The minimum absolute atomic E-state index is 0.222. The van der Waals surface area contributed by atoms with Crippen LogP contribution in [0, 0.1) is 5.92 Å². The molecule has 9 heteroatoms. The van der Waals surface area contributed by atoms with E-state index in [1.165, 1.54) is 23.6 Å². The second kappa shape index (κ2) is 12.2. The lowest BCUT2D eigenvalue weighted by atomic mass is 10.00. The molecule has 1 atom stereocenters. The molecule has 0 saturated heterocycles. The number of aromatic hydroxyl groups is 1. The molecule has 2 aromatic heterocycles. The number of nitrogens with zero attached hydrogens (tertiary/aromatic N) is 1. The van der Waals surface area contributed by atoms with Crippen LogP contribution in [0.25, 0.3) is 6.08 Å². The second-order valence-electron chi connectivity index (χ2n) is 8.27. The summed E-state index contributed by atoms with van der Waals surface area (Å²) in [6.07, 6.45) is 8.15. The van der Waals surface area contributed by atoms with Gasteiger partial charge in [-0.3, -0.25) is 10.1 Å². The van der Waals surface area contributed by atoms with Crippen molar-refractivity contribution in [2.24, 2.45) is 5.92 Å². The van der Waals surface area contributed by atoms with Gasteiger partial charge in [0.2, 0.25) is 0 Å². The van der Waals surface area contributed by atoms with Crippen LogP contribution in [0.3, 0.4) is 0 Å². The van der Waals surface area contributed by atoms with E-state index in [1.807, 2.05) is 6.92 Å². The number of Topliss-reactive ketones (excluding diaryl/α,β-unsaturated/α-hetero) is 1. The maximum Gasteiger partial charge on any atom is 0.408 e. The summed E-state index contributed by atoms with van der Waals surface area (Å²) in [5, 5.41) is 22.0. The Kier molecular flexibility index (Phi) is 9.59. The number of aryl methyl sites for hydroxylation is 1. The molecular weight excluding hydrogens is 444 g/mol. The van der Waals surface area contributed by atoms with Crippen LogP contribution in [-0.2, 0) is 6.42 Å². The van der Waals surface area contributed by atoms with Crippen LogP contribution in [0.2, 0.25) is 0 Å². The third kappa shape index (κ3) is 8.02. The zero-order valence-electron chi connectivity index (χ0n) is 19.3. The summed E-state index contributed by atoms with van der Waals surface area (Å²) < 4.78 is 5.32. The van der Waals surface area contributed by atoms with Crippen LogP contribution in [0.4, 0.5) is 4.79 Å². The van der Waals surface area contributed by atoms with E-state index in [2.05, 4.69) is 24.1 Å². The molecule has 0 aliphatic rings. The van der Waals surface area contributed by atoms with Crippen LogP contribution in [0.1, 0.15) is 78.9 Å². The number of carboxylic acid groups (broad SMARTS) is 1. The largest absolute Gasteiger partial charge is 0.507 e. The summed E-state index contributed by atoms with van der Waals surface area (Å²) in [4.78, 5) is 40.9. The number of nitrogens with one attached hydrogen (secondary N) is 1. The lowest BCUT2D eigenvalue weighted by molar-refractivity contribution is 0.102. The van der Waals surface area contributed by atoms with E-state index >= 15 is 0 Å². The molecule has 0 aliphatic carbocycles. The van der Waals surface area contributed by atoms with Gasteiger partial charge in [-0.05, 0) is 50.2 Å². The van der Waals surface area contributed by atoms with Crippen LogP contribution >= 0.6 is 11.3 Å². The predicted molar refractivity (Wildman–Crippen MR) is 128 cm³/mol. The van der Waals surface area contributed by atoms with Gasteiger partial charge in [0, 0.05) is 29.3 Å². The fraction of sp³-hybridized carbons (Fsp3) is 0.417. The van der Waals surface area contributed by atoms with E-state index in [4.69, 9.17) is 9.52 Å². The van der Waals surface area contributed by atoms with Crippen molar-refractivity contribution >= 4 is 29.3 Å². The molecule has 1 amide bonds. The average Bonchev–Trinajstić information content (AvgIpc) is 3.18. The molecule has 2 rings (SSSR count). The zero-order chi connectivity index (χ0) is 24.5. The first-order chi connectivity index (χ1) is 15.6. The summed E-state index contributed by atoms with van der Waals surface area (Å²) in [5.41, 5.74) is -0.983. The van der Waals surface area contributed by atoms with Gasteiger partial charge in [0.25, 0.3) is 0 Å². The summed E-state index contributed by atoms with van der Waals surface area (Å²) in [5.74, 6) is -0.404. The summed E-state index contributed by atoms with van der Waals surface area (Å²) in [6, 6.07) is 1.29. The van der Waals surface area contributed by atoms with E-state index in [1.54, 1.807) is 25.3 Å². The summed E-state index contributed by atoms with van der Waals surface area (Å²) >= 11 is 1.50. The predicted octanol–water partition coefficient (Wildman–Crippen LogP) is 5.34. The Balaban J connectivity index is 2.11. The lowest BCUT2D eigenvalue weighted by Crippen LogP contribution is -2.16. The highest BCUT2D eigenvalue weighted by Gasteiger charge is 2.22. The molecule has 3 N–H and O–H groups in total. The highest BCUT2D eigenvalue weighted by molar-refractivity contribution is 7.12. The molecule has 33 heavy (non-hydrogen) atoms. The monoisotopic (exact) mass is 474 g/mol. The van der Waals surface area contributed by atoms with Crippen molar-refractivity contribution in [3.05, 3.63) is 61.7 Å². The first-order valence-corrected chi connectivity index (χ1v) is 11.6. The standard InChI is InChI=1S/C24H30N2O6S/c1-14(2)8-9-20-26-13-17(33-20)11-16(4)22(28)21-18(27)12-19(32-23(21)29)15(3)7-5-6-10-25-24(30)31/h6,10-15,25,27H,5,7-9H2,1-4H3,(H,30,31). The maximum absolute atomic E-state index is 12.8. The maximum atomic E-state index is 12.8. The number of amides is 1. The molecular formula is C24H30N2O6S. The van der Waals surface area contributed by atoms with E-state index in [-0.39, 0.29) is 11.7 Å². The highest BCUT2D eigenvalue weighted by Crippen LogP contribution is 2.27. The number of thiazole rings is 1. The molecule has 0 aliphatic heterocycles. The first-order valence-electron chi connectivity index (χ1n) is 10.8. The van der Waals surface area contributed by atoms with Crippen molar-refractivity contribution in [2.45, 2.75) is 59.3 Å². The third-order valence-corrected chi connectivity index (χ3v) is 5.98. The van der Waals surface area contributed by atoms with Gasteiger partial charge < -0.3 is 14.6 Å². The Labute approximate surface area is 196 Å². The SMILES string of the molecule is CC(=Cc1cnc(CCC(C)C)s1)C(=O)c1c(O)cc(C(C)CCC=CNC(=O)O)oc1=O. The van der Waals surface area contributed by atoms with Crippen LogP contribution in [0.15, 0.2) is 39.3 Å². The molecule has 0 spiro atoms. The number of rotatable bonds is 11. The lowest BCUT2D eigenvalue weighted by Gasteiger charge is -2.11. The van der Waals surface area contributed by atoms with Gasteiger partial charge in [-0.15, -0.1) is 11.3 Å². The summed E-state index contributed by atoms with van der Waals surface area (Å²) in [6.45, 7) is 7.70. The molecule has 1 unspecified atom stereocenters. The molecule has 2 aromatic rings. The van der Waals surface area contributed by atoms with E-state index in [0.717, 1.165) is 22.7 Å². The number of hydrogen-bond donors (Lipinski definition) is 3. The van der Waals surface area contributed by atoms with Gasteiger partial charge in [-0.25, -0.2) is 14.6 Å². The zero-order valence-corrected chi connectivity index (χ0v) is 20.1. The van der Waals surface area contributed by atoms with Gasteiger partial charge in [-0.2, -0.15) is 0 Å². The number of hydrogen-bond acceptors (Lipinski definition) is 7. The normalized spacial score (nSPS) is 12.9. The third-order valence-electron chi connectivity index (χ3n) is 4.98. The topological polar surface area (TPSA) is 130 Å². The quantitative estimate of drug-likeness (QED) is 0.296. The fourth-order valence-corrected chi connectivity index (χ4v) is 3.99. The smallest absolute Gasteiger partial charge is 0.408 e. The number of ketones is 1. The summed E-state index contributed by atoms with van der Waals surface area (Å²) in [7, 11) is 0. The van der Waals surface area contributed by atoms with Crippen molar-refractivity contribution in [3.63, 3.8) is 0 Å². The highest BCUT2D eigenvalue weighted by atomic mass is 32.1. The van der Waals surface area contributed by atoms with Gasteiger partial charge >= 0.3 is 11.7 Å². The molecule has 178 valence electrons. The van der Waals surface area contributed by atoms with Crippen molar-refractivity contribution < 1.29 is 24.2 Å². The first kappa shape index (κ1) is 26.1. The number of carbonyl (C=O) groups excluding carboxylic acids is 1. The average molecular weight is 475 g/mol. The molecule has 0 saturated carbocycles. The van der Waals surface area contributed by atoms with Crippen molar-refractivity contribution in [1.29, 1.82) is 0 Å². The van der Waals surface area contributed by atoms with Crippen LogP contribution in [-0.4, -0.2) is 27.1 Å². The number of allylic oxidation sites excluding steroid dienone is 2. The number of aromatic nitrogens is 1. The fourth-order valence-electron chi connectivity index (χ4n) is 3.05. The van der Waals surface area contributed by atoms with E-state index < -0.39 is 28.8 Å². The molecule has 0 radical (unpaired) electrons. The Hall–Kier alpha value is -3.20. The van der Waals surface area contributed by atoms with Gasteiger partial charge in [-0.1, -0.05) is 26.8 Å².